The van der Waals surface area contributed by atoms with Crippen molar-refractivity contribution in [2.75, 3.05) is 12.3 Å². The fourth-order valence-electron chi connectivity index (χ4n) is 4.47. The minimum Gasteiger partial charge on any atom is -0.384 e. The fraction of sp³-hybridized carbons (Fsp3) is 0.321. The Balaban J connectivity index is 1.23. The molecule has 1 fully saturated rings. The predicted octanol–water partition coefficient (Wildman–Crippen LogP) is 2.98. The highest BCUT2D eigenvalue weighted by Crippen LogP contribution is 2.23. The van der Waals surface area contributed by atoms with E-state index in [1.165, 1.54) is 16.7 Å². The molecular formula is C28H33N5O2. The Morgan fingerprint density at radius 3 is 2.49 bits per heavy atom. The van der Waals surface area contributed by atoms with Gasteiger partial charge in [-0.3, -0.25) is 9.59 Å². The maximum atomic E-state index is 12.7. The summed E-state index contributed by atoms with van der Waals surface area (Å²) < 4.78 is 0. The molecular weight excluding hydrogens is 438 g/mol. The summed E-state index contributed by atoms with van der Waals surface area (Å²) in [6, 6.07) is 21.6. The third kappa shape index (κ3) is 6.45. The lowest BCUT2D eigenvalue weighted by atomic mass is 9.95. The SMILES string of the molecule is Cc1nc(N)ccc1CNC(=O)[C@@H](C)NC(=O)[C@H]1C[C@H](Cc2ccc(-c3ccccc3)cc2)CN1. The second kappa shape index (κ2) is 11.1. The molecule has 1 aliphatic heterocycles. The molecule has 3 aromatic rings. The van der Waals surface area contributed by atoms with Crippen LogP contribution < -0.4 is 21.7 Å². The van der Waals surface area contributed by atoms with Crippen molar-refractivity contribution in [3.05, 3.63) is 83.6 Å². The van der Waals surface area contributed by atoms with Gasteiger partial charge < -0.3 is 21.7 Å². The number of aromatic nitrogens is 1. The lowest BCUT2D eigenvalue weighted by Gasteiger charge is -2.17. The topological polar surface area (TPSA) is 109 Å². The molecule has 0 spiro atoms. The van der Waals surface area contributed by atoms with Crippen LogP contribution in [-0.2, 0) is 22.6 Å². The lowest BCUT2D eigenvalue weighted by Crippen LogP contribution is -2.50. The number of benzene rings is 2. The lowest BCUT2D eigenvalue weighted by molar-refractivity contribution is -0.129. The molecule has 4 rings (SSSR count). The number of nitrogens with two attached hydrogens (primary N) is 1. The third-order valence-electron chi connectivity index (χ3n) is 6.55. The van der Waals surface area contributed by atoms with Crippen molar-refractivity contribution in [2.45, 2.75) is 45.3 Å². The number of rotatable bonds is 8. The van der Waals surface area contributed by atoms with Crippen molar-refractivity contribution in [3.63, 3.8) is 0 Å². The van der Waals surface area contributed by atoms with E-state index in [0.717, 1.165) is 30.6 Å². The molecule has 0 unspecified atom stereocenters. The first-order chi connectivity index (χ1) is 16.9. The average Bonchev–Trinajstić information content (AvgIpc) is 3.33. The number of anilines is 1. The van der Waals surface area contributed by atoms with E-state index in [4.69, 9.17) is 5.73 Å². The molecule has 5 N–H and O–H groups in total. The number of pyridine rings is 1. The van der Waals surface area contributed by atoms with E-state index in [2.05, 4.69) is 57.3 Å². The number of nitrogens with zero attached hydrogens (tertiary/aromatic N) is 1. The molecule has 0 bridgehead atoms. The summed E-state index contributed by atoms with van der Waals surface area (Å²) in [5.41, 5.74) is 11.0. The Morgan fingerprint density at radius 1 is 1.06 bits per heavy atom. The first-order valence-electron chi connectivity index (χ1n) is 12.1. The molecule has 0 saturated carbocycles. The molecule has 182 valence electrons. The van der Waals surface area contributed by atoms with Crippen molar-refractivity contribution in [1.29, 1.82) is 0 Å². The van der Waals surface area contributed by atoms with Crippen molar-refractivity contribution in [2.24, 2.45) is 5.92 Å². The summed E-state index contributed by atoms with van der Waals surface area (Å²) in [5.74, 6) is 0.450. The largest absolute Gasteiger partial charge is 0.384 e. The van der Waals surface area contributed by atoms with Crippen molar-refractivity contribution in [3.8, 4) is 11.1 Å². The monoisotopic (exact) mass is 471 g/mol. The molecule has 1 saturated heterocycles. The van der Waals surface area contributed by atoms with E-state index < -0.39 is 6.04 Å². The van der Waals surface area contributed by atoms with E-state index in [0.29, 0.717) is 18.3 Å². The van der Waals surface area contributed by atoms with Gasteiger partial charge in [-0.05, 0) is 67.5 Å². The van der Waals surface area contributed by atoms with Crippen molar-refractivity contribution < 1.29 is 9.59 Å². The van der Waals surface area contributed by atoms with Crippen LogP contribution in [0.25, 0.3) is 11.1 Å². The van der Waals surface area contributed by atoms with Gasteiger partial charge in [-0.25, -0.2) is 4.98 Å². The minimum atomic E-state index is -0.629. The van der Waals surface area contributed by atoms with Gasteiger partial charge in [0.2, 0.25) is 11.8 Å². The molecule has 2 aromatic carbocycles. The molecule has 1 aliphatic rings. The number of amides is 2. The quantitative estimate of drug-likeness (QED) is 0.404. The smallest absolute Gasteiger partial charge is 0.242 e. The zero-order valence-electron chi connectivity index (χ0n) is 20.3. The van der Waals surface area contributed by atoms with E-state index in [1.54, 1.807) is 13.0 Å². The van der Waals surface area contributed by atoms with Gasteiger partial charge in [0.25, 0.3) is 0 Å². The number of hydrogen-bond donors (Lipinski definition) is 4. The Labute approximate surface area is 206 Å². The molecule has 0 radical (unpaired) electrons. The molecule has 1 aromatic heterocycles. The van der Waals surface area contributed by atoms with Crippen LogP contribution in [0.2, 0.25) is 0 Å². The molecule has 35 heavy (non-hydrogen) atoms. The molecule has 2 heterocycles. The van der Waals surface area contributed by atoms with Crippen LogP contribution in [-0.4, -0.2) is 35.4 Å². The zero-order valence-corrected chi connectivity index (χ0v) is 20.3. The van der Waals surface area contributed by atoms with Crippen LogP contribution in [0.5, 0.6) is 0 Å². The van der Waals surface area contributed by atoms with E-state index in [-0.39, 0.29) is 17.9 Å². The first-order valence-corrected chi connectivity index (χ1v) is 12.1. The number of nitrogen functional groups attached to an aromatic ring is 1. The highest BCUT2D eigenvalue weighted by Gasteiger charge is 2.30. The van der Waals surface area contributed by atoms with Gasteiger partial charge in [-0.15, -0.1) is 0 Å². The summed E-state index contributed by atoms with van der Waals surface area (Å²) >= 11 is 0. The van der Waals surface area contributed by atoms with Crippen LogP contribution in [0.4, 0.5) is 5.82 Å². The Kier molecular flexibility index (Phi) is 7.77. The summed E-state index contributed by atoms with van der Waals surface area (Å²) in [6.07, 6.45) is 1.66. The zero-order chi connectivity index (χ0) is 24.8. The fourth-order valence-corrected chi connectivity index (χ4v) is 4.47. The van der Waals surface area contributed by atoms with Crippen LogP contribution in [0.15, 0.2) is 66.7 Å². The predicted molar refractivity (Wildman–Crippen MR) is 138 cm³/mol. The van der Waals surface area contributed by atoms with Crippen LogP contribution in [0.3, 0.4) is 0 Å². The Bertz CT molecular complexity index is 1160. The van der Waals surface area contributed by atoms with Gasteiger partial charge >= 0.3 is 0 Å². The molecule has 7 nitrogen and oxygen atoms in total. The standard InChI is InChI=1S/C28H33N5O2/c1-18-24(12-13-26(29)32-18)17-31-27(34)19(2)33-28(35)25-15-21(16-30-25)14-20-8-10-23(11-9-20)22-6-4-3-5-7-22/h3-13,19,21,25,30H,14-17H2,1-2H3,(H2,29,32)(H,31,34)(H,33,35)/t19-,21+,25-/m1/s1. The normalized spacial score (nSPS) is 18.1. The van der Waals surface area contributed by atoms with Gasteiger partial charge in [-0.2, -0.15) is 0 Å². The minimum absolute atomic E-state index is 0.139. The van der Waals surface area contributed by atoms with E-state index in [1.807, 2.05) is 31.2 Å². The Hall–Kier alpha value is -3.71. The second-order valence-corrected chi connectivity index (χ2v) is 9.26. The van der Waals surface area contributed by atoms with Crippen molar-refractivity contribution >= 4 is 17.6 Å². The molecule has 7 heteroatoms. The molecule has 0 aliphatic carbocycles. The highest BCUT2D eigenvalue weighted by atomic mass is 16.2. The third-order valence-corrected chi connectivity index (χ3v) is 6.55. The molecule has 3 atom stereocenters. The summed E-state index contributed by atoms with van der Waals surface area (Å²) in [5, 5.41) is 9.02. The molecule has 2 amide bonds. The average molecular weight is 472 g/mol. The van der Waals surface area contributed by atoms with E-state index >= 15 is 0 Å². The number of carbonyl (C=O) groups is 2. The van der Waals surface area contributed by atoms with Crippen LogP contribution in [0.1, 0.15) is 30.2 Å². The number of nitrogens with one attached hydrogen (secondary N) is 3. The van der Waals surface area contributed by atoms with Gasteiger partial charge in [0, 0.05) is 12.2 Å². The summed E-state index contributed by atoms with van der Waals surface area (Å²) in [6.45, 7) is 4.67. The maximum Gasteiger partial charge on any atom is 0.242 e. The maximum absolute atomic E-state index is 12.7. The highest BCUT2D eigenvalue weighted by molar-refractivity contribution is 5.89. The van der Waals surface area contributed by atoms with Crippen LogP contribution >= 0.6 is 0 Å². The van der Waals surface area contributed by atoms with E-state index in [9.17, 15) is 9.59 Å². The van der Waals surface area contributed by atoms with Gasteiger partial charge in [-0.1, -0.05) is 60.7 Å². The van der Waals surface area contributed by atoms with Gasteiger partial charge in [0.05, 0.1) is 6.04 Å². The number of hydrogen-bond acceptors (Lipinski definition) is 5. The van der Waals surface area contributed by atoms with Crippen LogP contribution in [0, 0.1) is 12.8 Å². The van der Waals surface area contributed by atoms with Gasteiger partial charge in [0.1, 0.15) is 11.9 Å². The second-order valence-electron chi connectivity index (χ2n) is 9.26. The Morgan fingerprint density at radius 2 is 1.77 bits per heavy atom. The number of aryl methyl sites for hydroxylation is 1. The van der Waals surface area contributed by atoms with Crippen molar-refractivity contribution in [1.82, 2.24) is 20.9 Å². The summed E-state index contributed by atoms with van der Waals surface area (Å²) in [7, 11) is 0. The number of carbonyl (C=O) groups excluding carboxylic acids is 2. The summed E-state index contributed by atoms with van der Waals surface area (Å²) in [4.78, 5) is 29.4. The first kappa shape index (κ1) is 24.4. The van der Waals surface area contributed by atoms with Gasteiger partial charge in [0.15, 0.2) is 0 Å².